The third-order valence-corrected chi connectivity index (χ3v) is 2.82. The number of carbonyl (C=O) groups excluding carboxylic acids is 1. The fraction of sp³-hybridized carbons (Fsp3) is 0.0833. The van der Waals surface area contributed by atoms with Crippen molar-refractivity contribution in [3.05, 3.63) is 46.6 Å². The van der Waals surface area contributed by atoms with Gasteiger partial charge in [0.05, 0.1) is 6.26 Å². The van der Waals surface area contributed by atoms with Gasteiger partial charge in [-0.3, -0.25) is 4.79 Å². The molecule has 0 aliphatic heterocycles. The van der Waals surface area contributed by atoms with Crippen LogP contribution in [0, 0.1) is 0 Å². The molecule has 0 bridgehead atoms. The number of carbonyl (C=O) groups is 1. The minimum absolute atomic E-state index is 0.0303. The molecule has 2 nitrogen and oxygen atoms in total. The summed E-state index contributed by atoms with van der Waals surface area (Å²) in [5.41, 5.74) is 1.48. The molecule has 0 aliphatic carbocycles. The molecule has 1 aromatic heterocycles. The lowest BCUT2D eigenvalue weighted by molar-refractivity contribution is 0.101. The Kier molecular flexibility index (Phi) is 2.73. The molecule has 76 valence electrons. The summed E-state index contributed by atoms with van der Waals surface area (Å²) >= 11 is 3.42. The Bertz CT molecular complexity index is 486. The van der Waals surface area contributed by atoms with Crippen LogP contribution >= 0.6 is 15.9 Å². The lowest BCUT2D eigenvalue weighted by atomic mass is 10.0. The van der Waals surface area contributed by atoms with Crippen LogP contribution in [-0.4, -0.2) is 5.78 Å². The van der Waals surface area contributed by atoms with Crippen molar-refractivity contribution in [2.45, 2.75) is 6.92 Å². The monoisotopic (exact) mass is 264 g/mol. The normalized spacial score (nSPS) is 10.3. The van der Waals surface area contributed by atoms with Crippen molar-refractivity contribution < 1.29 is 9.21 Å². The zero-order chi connectivity index (χ0) is 10.8. The van der Waals surface area contributed by atoms with Crippen molar-refractivity contribution >= 4 is 21.7 Å². The smallest absolute Gasteiger partial charge is 0.160 e. The van der Waals surface area contributed by atoms with Gasteiger partial charge in [-0.15, -0.1) is 0 Å². The van der Waals surface area contributed by atoms with Gasteiger partial charge in [0, 0.05) is 15.6 Å². The summed E-state index contributed by atoms with van der Waals surface area (Å²) in [7, 11) is 0. The van der Waals surface area contributed by atoms with Crippen LogP contribution in [0.15, 0.2) is 45.5 Å². The van der Waals surface area contributed by atoms with E-state index in [-0.39, 0.29) is 5.78 Å². The van der Waals surface area contributed by atoms with Gasteiger partial charge in [0.25, 0.3) is 0 Å². The number of Topliss-reactive ketones (excluding diaryl/α,β-unsaturated/α-hetero) is 1. The molecule has 0 amide bonds. The second kappa shape index (κ2) is 4.03. The van der Waals surface area contributed by atoms with E-state index >= 15 is 0 Å². The maximum absolute atomic E-state index is 11.5. The summed E-state index contributed by atoms with van der Waals surface area (Å²) in [5.74, 6) is 0.732. The second-order valence-corrected chi connectivity index (χ2v) is 4.05. The largest absolute Gasteiger partial charge is 0.464 e. The van der Waals surface area contributed by atoms with E-state index in [9.17, 15) is 4.79 Å². The molecule has 3 heteroatoms. The Morgan fingerprint density at radius 3 is 2.67 bits per heavy atom. The number of benzene rings is 1. The number of halogens is 1. The Morgan fingerprint density at radius 2 is 2.07 bits per heavy atom. The van der Waals surface area contributed by atoms with E-state index in [1.165, 1.54) is 0 Å². The van der Waals surface area contributed by atoms with Crippen molar-refractivity contribution in [3.63, 3.8) is 0 Å². The molecule has 0 saturated heterocycles. The van der Waals surface area contributed by atoms with Gasteiger partial charge in [-0.05, 0) is 25.1 Å². The summed E-state index contributed by atoms with van der Waals surface area (Å²) in [4.78, 5) is 11.5. The van der Waals surface area contributed by atoms with Crippen LogP contribution in [0.25, 0.3) is 11.3 Å². The average molecular weight is 265 g/mol. The highest BCUT2D eigenvalue weighted by Gasteiger charge is 2.13. The zero-order valence-corrected chi connectivity index (χ0v) is 9.74. The van der Waals surface area contributed by atoms with Gasteiger partial charge >= 0.3 is 0 Å². The third-order valence-electron chi connectivity index (χ3n) is 2.16. The van der Waals surface area contributed by atoms with Gasteiger partial charge in [0.2, 0.25) is 0 Å². The first-order valence-electron chi connectivity index (χ1n) is 4.53. The molecule has 0 saturated carbocycles. The summed E-state index contributed by atoms with van der Waals surface area (Å²) in [6.07, 6.45) is 1.60. The van der Waals surface area contributed by atoms with Crippen molar-refractivity contribution in [2.24, 2.45) is 0 Å². The van der Waals surface area contributed by atoms with Crippen molar-refractivity contribution in [3.8, 4) is 11.3 Å². The van der Waals surface area contributed by atoms with Crippen LogP contribution in [0.5, 0.6) is 0 Å². The highest BCUT2D eigenvalue weighted by Crippen LogP contribution is 2.32. The second-order valence-electron chi connectivity index (χ2n) is 3.20. The van der Waals surface area contributed by atoms with Crippen LogP contribution in [0.4, 0.5) is 0 Å². The highest BCUT2D eigenvalue weighted by molar-refractivity contribution is 9.10. The minimum atomic E-state index is 0.0303. The minimum Gasteiger partial charge on any atom is -0.464 e. The molecule has 0 aliphatic rings. The van der Waals surface area contributed by atoms with E-state index in [2.05, 4.69) is 15.9 Å². The molecular formula is C12H9BrO2. The van der Waals surface area contributed by atoms with Crippen LogP contribution in [0.2, 0.25) is 0 Å². The quantitative estimate of drug-likeness (QED) is 0.770. The highest BCUT2D eigenvalue weighted by atomic mass is 79.9. The summed E-state index contributed by atoms with van der Waals surface area (Å²) in [5, 5.41) is 0. The standard InChI is InChI=1S/C12H9BrO2/c1-8(14)9-4-2-5-10(13)12(9)11-6-3-7-15-11/h2-7H,1H3. The molecular weight excluding hydrogens is 256 g/mol. The summed E-state index contributed by atoms with van der Waals surface area (Å²) in [6, 6.07) is 9.17. The van der Waals surface area contributed by atoms with E-state index in [1.54, 1.807) is 25.3 Å². The molecule has 0 unspecified atom stereocenters. The lowest BCUT2D eigenvalue weighted by Gasteiger charge is -2.06. The molecule has 1 aromatic carbocycles. The number of hydrogen-bond acceptors (Lipinski definition) is 2. The predicted octanol–water partition coefficient (Wildman–Crippen LogP) is 3.91. The topological polar surface area (TPSA) is 30.2 Å². The number of hydrogen-bond donors (Lipinski definition) is 0. The molecule has 0 spiro atoms. The fourth-order valence-corrected chi connectivity index (χ4v) is 2.05. The first-order valence-corrected chi connectivity index (χ1v) is 5.33. The third kappa shape index (κ3) is 1.88. The van der Waals surface area contributed by atoms with Crippen LogP contribution in [0.1, 0.15) is 17.3 Å². The van der Waals surface area contributed by atoms with Crippen molar-refractivity contribution in [1.29, 1.82) is 0 Å². The average Bonchev–Trinajstić information content (AvgIpc) is 2.70. The molecule has 0 atom stereocenters. The van der Waals surface area contributed by atoms with Gasteiger partial charge in [-0.1, -0.05) is 28.1 Å². The van der Waals surface area contributed by atoms with Gasteiger partial charge in [0.15, 0.2) is 5.78 Å². The molecule has 2 rings (SSSR count). The SMILES string of the molecule is CC(=O)c1cccc(Br)c1-c1ccco1. The number of ketones is 1. The van der Waals surface area contributed by atoms with Crippen LogP contribution in [-0.2, 0) is 0 Å². The van der Waals surface area contributed by atoms with Gasteiger partial charge in [0.1, 0.15) is 5.76 Å². The zero-order valence-electron chi connectivity index (χ0n) is 8.16. The summed E-state index contributed by atoms with van der Waals surface area (Å²) < 4.78 is 6.17. The first kappa shape index (κ1) is 10.2. The molecule has 2 aromatic rings. The Morgan fingerprint density at radius 1 is 1.27 bits per heavy atom. The van der Waals surface area contributed by atoms with Crippen LogP contribution < -0.4 is 0 Å². The van der Waals surface area contributed by atoms with Gasteiger partial charge < -0.3 is 4.42 Å². The molecule has 0 N–H and O–H groups in total. The van der Waals surface area contributed by atoms with E-state index in [1.807, 2.05) is 18.2 Å². The Labute approximate surface area is 96.0 Å². The van der Waals surface area contributed by atoms with Crippen LogP contribution in [0.3, 0.4) is 0 Å². The van der Waals surface area contributed by atoms with Crippen molar-refractivity contribution in [1.82, 2.24) is 0 Å². The van der Waals surface area contributed by atoms with E-state index in [0.717, 1.165) is 10.0 Å². The van der Waals surface area contributed by atoms with Gasteiger partial charge in [-0.25, -0.2) is 0 Å². The summed E-state index contributed by atoms with van der Waals surface area (Å²) in [6.45, 7) is 1.55. The van der Waals surface area contributed by atoms with E-state index in [4.69, 9.17) is 4.42 Å². The fourth-order valence-electron chi connectivity index (χ4n) is 1.49. The molecule has 0 fully saturated rings. The Balaban J connectivity index is 2.68. The Hall–Kier alpha value is -1.35. The number of rotatable bonds is 2. The molecule has 1 heterocycles. The molecule has 15 heavy (non-hydrogen) atoms. The first-order chi connectivity index (χ1) is 7.20. The lowest BCUT2D eigenvalue weighted by Crippen LogP contribution is -1.96. The predicted molar refractivity (Wildman–Crippen MR) is 61.8 cm³/mol. The van der Waals surface area contributed by atoms with E-state index in [0.29, 0.717) is 11.3 Å². The number of furan rings is 1. The molecule has 0 radical (unpaired) electrons. The van der Waals surface area contributed by atoms with Gasteiger partial charge in [-0.2, -0.15) is 0 Å². The maximum Gasteiger partial charge on any atom is 0.160 e. The van der Waals surface area contributed by atoms with E-state index < -0.39 is 0 Å². The maximum atomic E-state index is 11.5. The van der Waals surface area contributed by atoms with Crippen molar-refractivity contribution in [2.75, 3.05) is 0 Å².